The summed E-state index contributed by atoms with van der Waals surface area (Å²) in [7, 11) is 0. The Balaban J connectivity index is 1.91. The molecule has 0 fully saturated rings. The molecule has 2 aromatic carbocycles. The monoisotopic (exact) mass is 346 g/mol. The second-order valence-corrected chi connectivity index (χ2v) is 5.64. The minimum atomic E-state index is -0.176. The molecule has 0 spiro atoms. The summed E-state index contributed by atoms with van der Waals surface area (Å²) in [6.45, 7) is 3.50. The summed E-state index contributed by atoms with van der Waals surface area (Å²) in [6.07, 6.45) is 0.190. The lowest BCUT2D eigenvalue weighted by Gasteiger charge is -2.13. The summed E-state index contributed by atoms with van der Waals surface area (Å²) in [5.41, 5.74) is 2.13. The number of halogens is 1. The second-order valence-electron chi connectivity index (χ2n) is 5.24. The number of amides is 2. The van der Waals surface area contributed by atoms with Gasteiger partial charge in [0.1, 0.15) is 5.75 Å². The molecule has 2 N–H and O–H groups in total. The van der Waals surface area contributed by atoms with Gasteiger partial charge in [0.05, 0.1) is 18.1 Å². The van der Waals surface area contributed by atoms with Gasteiger partial charge in [0, 0.05) is 18.3 Å². The van der Waals surface area contributed by atoms with Crippen LogP contribution in [-0.2, 0) is 9.59 Å². The molecule has 0 atom stereocenters. The van der Waals surface area contributed by atoms with E-state index in [1.807, 2.05) is 19.1 Å². The van der Waals surface area contributed by atoms with Crippen LogP contribution in [0.25, 0.3) is 0 Å². The zero-order valence-corrected chi connectivity index (χ0v) is 14.3. The smallest absolute Gasteiger partial charge is 0.227 e. The molecule has 0 radical (unpaired) electrons. The van der Waals surface area contributed by atoms with Crippen molar-refractivity contribution in [3.05, 3.63) is 53.1 Å². The van der Waals surface area contributed by atoms with Gasteiger partial charge in [0.25, 0.3) is 0 Å². The number of ether oxygens (including phenoxy) is 1. The van der Waals surface area contributed by atoms with Crippen LogP contribution in [0.2, 0.25) is 5.02 Å². The molecule has 126 valence electrons. The van der Waals surface area contributed by atoms with Crippen molar-refractivity contribution in [1.82, 2.24) is 0 Å². The van der Waals surface area contributed by atoms with Crippen molar-refractivity contribution >= 4 is 34.8 Å². The maximum absolute atomic E-state index is 12.1. The highest BCUT2D eigenvalue weighted by Crippen LogP contribution is 2.24. The number of nitrogens with one attached hydrogen (secondary N) is 2. The van der Waals surface area contributed by atoms with Crippen LogP contribution in [0.15, 0.2) is 42.5 Å². The molecule has 0 aromatic heterocycles. The Morgan fingerprint density at radius 1 is 1.04 bits per heavy atom. The van der Waals surface area contributed by atoms with Crippen molar-refractivity contribution in [3.63, 3.8) is 0 Å². The van der Waals surface area contributed by atoms with Gasteiger partial charge in [-0.25, -0.2) is 0 Å². The summed E-state index contributed by atoms with van der Waals surface area (Å²) in [6, 6.07) is 12.5. The largest absolute Gasteiger partial charge is 0.491 e. The van der Waals surface area contributed by atoms with Crippen LogP contribution in [0.5, 0.6) is 5.75 Å². The molecular weight excluding hydrogens is 328 g/mol. The zero-order chi connectivity index (χ0) is 17.5. The molecule has 0 aliphatic rings. The Morgan fingerprint density at radius 2 is 1.71 bits per heavy atom. The minimum absolute atomic E-state index is 0.158. The van der Waals surface area contributed by atoms with Crippen LogP contribution in [0.3, 0.4) is 0 Å². The molecule has 2 amide bonds. The van der Waals surface area contributed by atoms with Crippen molar-refractivity contribution in [2.75, 3.05) is 17.2 Å². The lowest BCUT2D eigenvalue weighted by Crippen LogP contribution is -2.16. The topological polar surface area (TPSA) is 67.4 Å². The van der Waals surface area contributed by atoms with E-state index in [1.165, 1.54) is 6.92 Å². The maximum Gasteiger partial charge on any atom is 0.227 e. The van der Waals surface area contributed by atoms with Crippen molar-refractivity contribution < 1.29 is 14.3 Å². The van der Waals surface area contributed by atoms with Gasteiger partial charge < -0.3 is 15.4 Å². The third-order valence-electron chi connectivity index (χ3n) is 3.34. The van der Waals surface area contributed by atoms with E-state index in [2.05, 4.69) is 10.6 Å². The summed E-state index contributed by atoms with van der Waals surface area (Å²) < 4.78 is 5.50. The van der Waals surface area contributed by atoms with E-state index in [4.69, 9.17) is 16.3 Å². The Hall–Kier alpha value is -2.53. The van der Waals surface area contributed by atoms with Gasteiger partial charge >= 0.3 is 0 Å². The Morgan fingerprint density at radius 3 is 2.38 bits per heavy atom. The number of anilines is 2. The fraction of sp³-hybridized carbons (Fsp3) is 0.222. The number of carbonyl (C=O) groups is 2. The molecule has 0 aliphatic heterocycles. The lowest BCUT2D eigenvalue weighted by atomic mass is 10.1. The summed E-state index contributed by atoms with van der Waals surface area (Å²) in [5.74, 6) is 0.218. The molecule has 0 aliphatic carbocycles. The molecule has 2 rings (SSSR count). The van der Waals surface area contributed by atoms with Gasteiger partial charge in [-0.3, -0.25) is 9.59 Å². The zero-order valence-electron chi connectivity index (χ0n) is 13.6. The van der Waals surface area contributed by atoms with Crippen molar-refractivity contribution in [2.45, 2.75) is 20.3 Å². The van der Waals surface area contributed by atoms with Gasteiger partial charge in [0.15, 0.2) is 0 Å². The van der Waals surface area contributed by atoms with Gasteiger partial charge in [-0.1, -0.05) is 29.8 Å². The highest BCUT2D eigenvalue weighted by atomic mass is 35.5. The Kier molecular flexibility index (Phi) is 6.21. The fourth-order valence-corrected chi connectivity index (χ4v) is 2.31. The van der Waals surface area contributed by atoms with Gasteiger partial charge in [-0.15, -0.1) is 0 Å². The molecule has 0 saturated carbocycles. The van der Waals surface area contributed by atoms with Crippen molar-refractivity contribution in [3.8, 4) is 5.75 Å². The van der Waals surface area contributed by atoms with Gasteiger partial charge in [-0.05, 0) is 36.8 Å². The normalized spacial score (nSPS) is 10.1. The molecule has 0 saturated heterocycles. The summed E-state index contributed by atoms with van der Waals surface area (Å²) in [4.78, 5) is 23.2. The van der Waals surface area contributed by atoms with Crippen LogP contribution in [0.1, 0.15) is 18.9 Å². The second kappa shape index (κ2) is 8.36. The number of benzene rings is 2. The van der Waals surface area contributed by atoms with Gasteiger partial charge in [-0.2, -0.15) is 0 Å². The van der Waals surface area contributed by atoms with Crippen molar-refractivity contribution in [1.29, 1.82) is 0 Å². The van der Waals surface area contributed by atoms with Crippen molar-refractivity contribution in [2.24, 2.45) is 0 Å². The third kappa shape index (κ3) is 4.99. The number of hydrogen-bond acceptors (Lipinski definition) is 3. The first-order chi connectivity index (χ1) is 11.5. The number of hydrogen-bond donors (Lipinski definition) is 2. The first kappa shape index (κ1) is 17.8. The Bertz CT molecular complexity index is 747. The third-order valence-corrected chi connectivity index (χ3v) is 3.65. The van der Waals surface area contributed by atoms with E-state index in [0.717, 1.165) is 5.56 Å². The van der Waals surface area contributed by atoms with E-state index < -0.39 is 0 Å². The standard InChI is InChI=1S/C18H19ClN2O3/c1-12-15(20-13(2)22)7-5-8-16(12)21-18(23)10-11-24-17-9-4-3-6-14(17)19/h3-9H,10-11H2,1-2H3,(H,20,22)(H,21,23). The highest BCUT2D eigenvalue weighted by Gasteiger charge is 2.09. The van der Waals surface area contributed by atoms with Crippen LogP contribution in [-0.4, -0.2) is 18.4 Å². The lowest BCUT2D eigenvalue weighted by molar-refractivity contribution is -0.116. The first-order valence-electron chi connectivity index (χ1n) is 7.51. The van der Waals surface area contributed by atoms with Crippen LogP contribution >= 0.6 is 11.6 Å². The average molecular weight is 347 g/mol. The first-order valence-corrected chi connectivity index (χ1v) is 7.89. The quantitative estimate of drug-likeness (QED) is 0.830. The molecule has 0 bridgehead atoms. The maximum atomic E-state index is 12.1. The highest BCUT2D eigenvalue weighted by molar-refractivity contribution is 6.32. The molecule has 6 heteroatoms. The minimum Gasteiger partial charge on any atom is -0.491 e. The van der Waals surface area contributed by atoms with E-state index >= 15 is 0 Å². The molecule has 0 heterocycles. The fourth-order valence-electron chi connectivity index (χ4n) is 2.12. The molecule has 5 nitrogen and oxygen atoms in total. The van der Waals surface area contributed by atoms with Gasteiger partial charge in [0.2, 0.25) is 11.8 Å². The SMILES string of the molecule is CC(=O)Nc1cccc(NC(=O)CCOc2ccccc2Cl)c1C. The molecule has 2 aromatic rings. The molecule has 0 unspecified atom stereocenters. The summed E-state index contributed by atoms with van der Waals surface area (Å²) >= 11 is 5.99. The van der Waals surface area contributed by atoms with E-state index in [-0.39, 0.29) is 24.8 Å². The molecule has 24 heavy (non-hydrogen) atoms. The molecular formula is C18H19ClN2O3. The van der Waals surface area contributed by atoms with Crippen LogP contribution in [0, 0.1) is 6.92 Å². The average Bonchev–Trinajstić information content (AvgIpc) is 2.53. The van der Waals surface area contributed by atoms with Crippen LogP contribution < -0.4 is 15.4 Å². The number of rotatable bonds is 6. The van der Waals surface area contributed by atoms with E-state index in [1.54, 1.807) is 30.3 Å². The van der Waals surface area contributed by atoms with E-state index in [9.17, 15) is 9.59 Å². The predicted molar refractivity (Wildman–Crippen MR) is 95.7 cm³/mol. The predicted octanol–water partition coefficient (Wildman–Crippen LogP) is 4.01. The number of para-hydroxylation sites is 1. The Labute approximate surface area is 146 Å². The van der Waals surface area contributed by atoms with E-state index in [0.29, 0.717) is 22.1 Å². The summed E-state index contributed by atoms with van der Waals surface area (Å²) in [5, 5.41) is 6.06. The van der Waals surface area contributed by atoms with Crippen LogP contribution in [0.4, 0.5) is 11.4 Å². The number of carbonyl (C=O) groups excluding carboxylic acids is 2.